The fraction of sp³-hybridized carbons (Fsp3) is 0.533. The highest BCUT2D eigenvalue weighted by Crippen LogP contribution is 2.31. The summed E-state index contributed by atoms with van der Waals surface area (Å²) in [5.41, 5.74) is 0.516. The monoisotopic (exact) mass is 329 g/mol. The van der Waals surface area contributed by atoms with E-state index in [2.05, 4.69) is 9.46 Å². The number of ether oxygens (including phenoxy) is 2. The van der Waals surface area contributed by atoms with Crippen LogP contribution in [0.1, 0.15) is 30.5 Å². The Kier molecular flexibility index (Phi) is 5.25. The molecular weight excluding hydrogens is 306 g/mol. The van der Waals surface area contributed by atoms with Crippen molar-refractivity contribution < 1.29 is 22.7 Å². The van der Waals surface area contributed by atoms with Gasteiger partial charge in [0, 0.05) is 0 Å². The van der Waals surface area contributed by atoms with Crippen LogP contribution in [-0.4, -0.2) is 34.1 Å². The third kappa shape index (κ3) is 3.41. The Labute approximate surface area is 131 Å². The van der Waals surface area contributed by atoms with Crippen LogP contribution >= 0.6 is 0 Å². The molecule has 22 heavy (non-hydrogen) atoms. The number of esters is 1. The second-order valence-corrected chi connectivity index (χ2v) is 7.32. The van der Waals surface area contributed by atoms with E-state index in [9.17, 15) is 13.2 Å². The normalized spacial score (nSPS) is 12.1. The molecule has 0 aliphatic carbocycles. The van der Waals surface area contributed by atoms with E-state index in [1.807, 2.05) is 0 Å². The Morgan fingerprint density at radius 2 is 1.68 bits per heavy atom. The summed E-state index contributed by atoms with van der Waals surface area (Å²) in [6, 6.07) is 1.67. The van der Waals surface area contributed by atoms with Crippen LogP contribution in [0.4, 0.5) is 0 Å². The average Bonchev–Trinajstić information content (AvgIpc) is 2.40. The van der Waals surface area contributed by atoms with Crippen LogP contribution in [0.25, 0.3) is 0 Å². The molecule has 6 nitrogen and oxygen atoms in total. The Morgan fingerprint density at radius 1 is 1.14 bits per heavy atom. The van der Waals surface area contributed by atoms with Gasteiger partial charge in [-0.2, -0.15) is 4.72 Å². The van der Waals surface area contributed by atoms with E-state index < -0.39 is 21.5 Å². The van der Waals surface area contributed by atoms with Gasteiger partial charge in [-0.15, -0.1) is 0 Å². The van der Waals surface area contributed by atoms with Crippen LogP contribution in [0, 0.1) is 20.8 Å². The van der Waals surface area contributed by atoms with Crippen LogP contribution in [0.5, 0.6) is 5.75 Å². The molecule has 1 aromatic carbocycles. The molecule has 0 amide bonds. The number of carbonyl (C=O) groups excluding carboxylic acids is 1. The van der Waals surface area contributed by atoms with E-state index in [0.29, 0.717) is 16.9 Å². The number of nitrogens with one attached hydrogen (secondary N) is 1. The predicted molar refractivity (Wildman–Crippen MR) is 83.6 cm³/mol. The third-order valence-corrected chi connectivity index (χ3v) is 5.50. The Hall–Kier alpha value is -1.60. The first kappa shape index (κ1) is 18.4. The second kappa shape index (κ2) is 6.26. The number of carbonyl (C=O) groups is 1. The highest BCUT2D eigenvalue weighted by atomic mass is 32.2. The summed E-state index contributed by atoms with van der Waals surface area (Å²) in [5, 5.41) is 0. The molecule has 0 bridgehead atoms. The minimum Gasteiger partial charge on any atom is -0.496 e. The van der Waals surface area contributed by atoms with Crippen molar-refractivity contribution in [2.45, 2.75) is 45.1 Å². The summed E-state index contributed by atoms with van der Waals surface area (Å²) in [6.45, 7) is 8.10. The van der Waals surface area contributed by atoms with Gasteiger partial charge in [0.25, 0.3) is 0 Å². The average molecular weight is 329 g/mol. The van der Waals surface area contributed by atoms with Crippen molar-refractivity contribution >= 4 is 16.0 Å². The number of aryl methyl sites for hydroxylation is 1. The van der Waals surface area contributed by atoms with E-state index in [0.717, 1.165) is 5.56 Å². The predicted octanol–water partition coefficient (Wildman–Crippen LogP) is 1.85. The van der Waals surface area contributed by atoms with E-state index in [4.69, 9.17) is 4.74 Å². The lowest BCUT2D eigenvalue weighted by atomic mass is 10.1. The third-order valence-electron chi connectivity index (χ3n) is 3.55. The molecule has 1 aromatic rings. The molecule has 0 aliphatic heterocycles. The molecule has 0 saturated carbocycles. The maximum Gasteiger partial charge on any atom is 0.326 e. The number of sulfonamides is 1. The molecule has 7 heteroatoms. The molecule has 124 valence electrons. The van der Waals surface area contributed by atoms with Crippen molar-refractivity contribution in [3.63, 3.8) is 0 Å². The minimum atomic E-state index is -3.89. The number of hydrogen-bond donors (Lipinski definition) is 1. The Bertz CT molecular complexity index is 692. The van der Waals surface area contributed by atoms with Crippen LogP contribution in [-0.2, 0) is 19.6 Å². The second-order valence-electron chi connectivity index (χ2n) is 5.70. The van der Waals surface area contributed by atoms with Crippen LogP contribution in [0.3, 0.4) is 0 Å². The lowest BCUT2D eigenvalue weighted by molar-refractivity contribution is -0.146. The minimum absolute atomic E-state index is 0.155. The Morgan fingerprint density at radius 3 is 2.14 bits per heavy atom. The van der Waals surface area contributed by atoms with E-state index in [-0.39, 0.29) is 4.90 Å². The van der Waals surface area contributed by atoms with Crippen molar-refractivity contribution in [2.75, 3.05) is 14.2 Å². The van der Waals surface area contributed by atoms with Crippen molar-refractivity contribution in [3.05, 3.63) is 22.8 Å². The van der Waals surface area contributed by atoms with Crippen molar-refractivity contribution in [3.8, 4) is 5.75 Å². The molecule has 0 fully saturated rings. The molecule has 0 spiro atoms. The first-order chi connectivity index (χ1) is 9.97. The lowest BCUT2D eigenvalue weighted by Gasteiger charge is -2.24. The molecule has 1 rings (SSSR count). The molecule has 0 heterocycles. The van der Waals surface area contributed by atoms with Gasteiger partial charge >= 0.3 is 5.97 Å². The zero-order valence-corrected chi connectivity index (χ0v) is 14.8. The summed E-state index contributed by atoms with van der Waals surface area (Å²) in [7, 11) is -1.14. The molecule has 0 aromatic heterocycles. The first-order valence-corrected chi connectivity index (χ1v) is 8.23. The lowest BCUT2D eigenvalue weighted by Crippen LogP contribution is -2.50. The molecule has 0 saturated heterocycles. The number of rotatable bonds is 5. The SMILES string of the molecule is COC(=O)C(C)(C)NS(=O)(=O)c1c(C)cc(OC)c(C)c1C. The van der Waals surface area contributed by atoms with Gasteiger partial charge in [-0.3, -0.25) is 4.79 Å². The van der Waals surface area contributed by atoms with Gasteiger partial charge in [0.05, 0.1) is 19.1 Å². The molecule has 0 radical (unpaired) electrons. The highest BCUT2D eigenvalue weighted by Gasteiger charge is 2.35. The number of hydrogen-bond acceptors (Lipinski definition) is 5. The molecule has 0 unspecified atom stereocenters. The molecular formula is C15H23NO5S. The van der Waals surface area contributed by atoms with Gasteiger partial charge < -0.3 is 9.47 Å². The van der Waals surface area contributed by atoms with E-state index in [1.54, 1.807) is 26.8 Å². The van der Waals surface area contributed by atoms with Gasteiger partial charge in [-0.25, -0.2) is 8.42 Å². The van der Waals surface area contributed by atoms with Crippen molar-refractivity contribution in [1.29, 1.82) is 0 Å². The number of methoxy groups -OCH3 is 2. The van der Waals surface area contributed by atoms with Gasteiger partial charge in [0.15, 0.2) is 0 Å². The fourth-order valence-electron chi connectivity index (χ4n) is 2.33. The van der Waals surface area contributed by atoms with E-state index >= 15 is 0 Å². The number of benzene rings is 1. The van der Waals surface area contributed by atoms with Crippen molar-refractivity contribution in [2.24, 2.45) is 0 Å². The van der Waals surface area contributed by atoms with Gasteiger partial charge in [0.2, 0.25) is 10.0 Å². The van der Waals surface area contributed by atoms with Crippen LogP contribution in [0.2, 0.25) is 0 Å². The van der Waals surface area contributed by atoms with Gasteiger partial charge in [0.1, 0.15) is 11.3 Å². The standard InChI is InChI=1S/C15H23NO5S/c1-9-8-12(20-6)10(2)11(3)13(9)22(18,19)16-15(4,5)14(17)21-7/h8,16H,1-7H3. The smallest absolute Gasteiger partial charge is 0.326 e. The Balaban J connectivity index is 3.42. The van der Waals surface area contributed by atoms with Gasteiger partial charge in [-0.05, 0) is 57.4 Å². The summed E-state index contributed by atoms with van der Waals surface area (Å²) in [5.74, 6) is -0.0298. The zero-order valence-electron chi connectivity index (χ0n) is 14.0. The van der Waals surface area contributed by atoms with Crippen molar-refractivity contribution in [1.82, 2.24) is 4.72 Å². The van der Waals surface area contributed by atoms with E-state index in [1.165, 1.54) is 28.1 Å². The molecule has 0 aliphatic rings. The van der Waals surface area contributed by atoms with Crippen LogP contribution < -0.4 is 9.46 Å². The van der Waals surface area contributed by atoms with Crippen LogP contribution in [0.15, 0.2) is 11.0 Å². The largest absolute Gasteiger partial charge is 0.496 e. The summed E-state index contributed by atoms with van der Waals surface area (Å²) in [4.78, 5) is 11.9. The maximum atomic E-state index is 12.7. The quantitative estimate of drug-likeness (QED) is 0.834. The summed E-state index contributed by atoms with van der Waals surface area (Å²) >= 11 is 0. The zero-order chi connectivity index (χ0) is 17.3. The molecule has 0 atom stereocenters. The topological polar surface area (TPSA) is 81.7 Å². The highest BCUT2D eigenvalue weighted by molar-refractivity contribution is 7.89. The summed E-state index contributed by atoms with van der Waals surface area (Å²) in [6.07, 6.45) is 0. The maximum absolute atomic E-state index is 12.7. The first-order valence-electron chi connectivity index (χ1n) is 6.75. The van der Waals surface area contributed by atoms with Gasteiger partial charge in [-0.1, -0.05) is 0 Å². The molecule has 1 N–H and O–H groups in total. The summed E-state index contributed by atoms with van der Waals surface area (Å²) < 4.78 is 37.7. The fourth-order valence-corrected chi connectivity index (χ4v) is 4.23.